The third-order valence-electron chi connectivity index (χ3n) is 9.78. The standard InChI is InChI=1S/C41H77NO8/c1-3-5-7-9-11-13-15-16-17-18-19-20-21-22-24-26-28-30-35(44)34(33-49-41-40(48)39(47)38(46)36(32-43)50-41)42-37(45)31-29-27-25-23-14-12-10-8-6-4-2/h21-22,28,30,34-36,38-41,43-44,46-48H,3-20,23-27,29,31-33H2,1-2H3,(H,42,45)/b22-21+,30-28+/t34-,35+,36+,38+,39?,40?,41+/m0/s1. The average molecular weight is 712 g/mol. The maximum atomic E-state index is 12.8. The van der Waals surface area contributed by atoms with Gasteiger partial charge in [0.25, 0.3) is 0 Å². The number of allylic oxidation sites excluding steroid dienone is 3. The van der Waals surface area contributed by atoms with Crippen LogP contribution in [0.2, 0.25) is 0 Å². The van der Waals surface area contributed by atoms with E-state index in [4.69, 9.17) is 9.47 Å². The molecule has 1 saturated heterocycles. The highest BCUT2D eigenvalue weighted by atomic mass is 16.7. The molecule has 0 aromatic rings. The average Bonchev–Trinajstić information content (AvgIpc) is 3.11. The Labute approximate surface area is 305 Å². The van der Waals surface area contributed by atoms with Crippen molar-refractivity contribution in [2.24, 2.45) is 0 Å². The summed E-state index contributed by atoms with van der Waals surface area (Å²) in [6.45, 7) is 3.72. The molecule has 9 nitrogen and oxygen atoms in total. The highest BCUT2D eigenvalue weighted by molar-refractivity contribution is 5.76. The molecule has 2 unspecified atom stereocenters. The molecule has 50 heavy (non-hydrogen) atoms. The topological polar surface area (TPSA) is 149 Å². The molecule has 0 aromatic carbocycles. The lowest BCUT2D eigenvalue weighted by atomic mass is 9.99. The summed E-state index contributed by atoms with van der Waals surface area (Å²) < 4.78 is 11.1. The molecule has 0 bridgehead atoms. The quantitative estimate of drug-likeness (QED) is 0.0302. The van der Waals surface area contributed by atoms with Gasteiger partial charge in [-0.1, -0.05) is 160 Å². The first-order valence-corrected chi connectivity index (χ1v) is 20.6. The molecule has 0 aromatic heterocycles. The van der Waals surface area contributed by atoms with Crippen molar-refractivity contribution in [3.63, 3.8) is 0 Å². The summed E-state index contributed by atoms with van der Waals surface area (Å²) in [4.78, 5) is 12.8. The summed E-state index contributed by atoms with van der Waals surface area (Å²) >= 11 is 0. The molecule has 9 heteroatoms. The Morgan fingerprint density at radius 2 is 1.14 bits per heavy atom. The second-order valence-electron chi connectivity index (χ2n) is 14.4. The van der Waals surface area contributed by atoms with Gasteiger partial charge in [-0.3, -0.25) is 4.79 Å². The van der Waals surface area contributed by atoms with E-state index in [0.29, 0.717) is 6.42 Å². The van der Waals surface area contributed by atoms with Crippen molar-refractivity contribution in [2.75, 3.05) is 13.2 Å². The van der Waals surface area contributed by atoms with Gasteiger partial charge in [0.05, 0.1) is 25.4 Å². The number of ether oxygens (including phenoxy) is 2. The smallest absolute Gasteiger partial charge is 0.220 e. The van der Waals surface area contributed by atoms with E-state index in [-0.39, 0.29) is 12.5 Å². The maximum absolute atomic E-state index is 12.8. The van der Waals surface area contributed by atoms with Crippen molar-refractivity contribution < 1.29 is 39.8 Å². The number of aliphatic hydroxyl groups is 5. The first-order chi connectivity index (χ1) is 24.3. The molecule has 1 fully saturated rings. The van der Waals surface area contributed by atoms with Crippen LogP contribution in [0.15, 0.2) is 24.3 Å². The number of hydrogen-bond donors (Lipinski definition) is 6. The van der Waals surface area contributed by atoms with E-state index in [1.807, 2.05) is 6.08 Å². The van der Waals surface area contributed by atoms with E-state index in [2.05, 4.69) is 31.3 Å². The van der Waals surface area contributed by atoms with E-state index in [1.54, 1.807) is 6.08 Å². The molecular weight excluding hydrogens is 634 g/mol. The van der Waals surface area contributed by atoms with E-state index in [1.165, 1.54) is 116 Å². The molecule has 0 saturated carbocycles. The molecule has 1 rings (SSSR count). The fourth-order valence-electron chi connectivity index (χ4n) is 6.41. The van der Waals surface area contributed by atoms with Gasteiger partial charge in [0.15, 0.2) is 6.29 Å². The van der Waals surface area contributed by atoms with Crippen LogP contribution in [0.5, 0.6) is 0 Å². The molecule has 294 valence electrons. The van der Waals surface area contributed by atoms with Crippen molar-refractivity contribution >= 4 is 5.91 Å². The van der Waals surface area contributed by atoms with Crippen molar-refractivity contribution in [2.45, 2.75) is 217 Å². The van der Waals surface area contributed by atoms with Gasteiger partial charge in [-0.25, -0.2) is 0 Å². The van der Waals surface area contributed by atoms with E-state index in [0.717, 1.165) is 38.5 Å². The summed E-state index contributed by atoms with van der Waals surface area (Å²) in [6, 6.07) is -0.814. The molecule has 7 atom stereocenters. The number of aliphatic hydroxyl groups excluding tert-OH is 5. The number of amides is 1. The lowest BCUT2D eigenvalue weighted by Gasteiger charge is -2.40. The van der Waals surface area contributed by atoms with Gasteiger partial charge in [0.2, 0.25) is 5.91 Å². The van der Waals surface area contributed by atoms with E-state index in [9.17, 15) is 30.3 Å². The Bertz CT molecular complexity index is 837. The number of rotatable bonds is 33. The zero-order valence-electron chi connectivity index (χ0n) is 31.9. The normalized spacial score (nSPS) is 22.4. The summed E-state index contributed by atoms with van der Waals surface area (Å²) in [6.07, 6.45) is 29.4. The van der Waals surface area contributed by atoms with Crippen LogP contribution in [0.3, 0.4) is 0 Å². The van der Waals surface area contributed by atoms with Crippen LogP contribution in [0, 0.1) is 0 Å². The molecule has 0 spiro atoms. The Hall–Kier alpha value is -1.33. The van der Waals surface area contributed by atoms with Gasteiger partial charge in [-0.15, -0.1) is 0 Å². The zero-order valence-corrected chi connectivity index (χ0v) is 31.9. The SMILES string of the molecule is CCCCCCCCCCCCC/C=C/CC/C=C/[C@@H](O)[C@H](CO[C@@H]1O[C@H](CO)[C@@H](O)C(O)C1O)NC(=O)CCCCCCCCCCCC. The summed E-state index contributed by atoms with van der Waals surface area (Å²) in [7, 11) is 0. The molecule has 0 aliphatic carbocycles. The molecule has 1 aliphatic rings. The largest absolute Gasteiger partial charge is 0.394 e. The van der Waals surface area contributed by atoms with Crippen molar-refractivity contribution in [3.8, 4) is 0 Å². The fraction of sp³-hybridized carbons (Fsp3) is 0.878. The van der Waals surface area contributed by atoms with Crippen molar-refractivity contribution in [1.29, 1.82) is 0 Å². The Morgan fingerprint density at radius 1 is 0.660 bits per heavy atom. The number of carbonyl (C=O) groups is 1. The van der Waals surface area contributed by atoms with Crippen LogP contribution in [0.1, 0.15) is 174 Å². The third-order valence-corrected chi connectivity index (χ3v) is 9.78. The van der Waals surface area contributed by atoms with Crippen molar-refractivity contribution in [1.82, 2.24) is 5.32 Å². The summed E-state index contributed by atoms with van der Waals surface area (Å²) in [5, 5.41) is 53.9. The molecule has 1 amide bonds. The van der Waals surface area contributed by atoms with Gasteiger partial charge >= 0.3 is 0 Å². The first-order valence-electron chi connectivity index (χ1n) is 20.6. The minimum Gasteiger partial charge on any atom is -0.394 e. The van der Waals surface area contributed by atoms with Crippen molar-refractivity contribution in [3.05, 3.63) is 24.3 Å². The third kappa shape index (κ3) is 23.3. The second kappa shape index (κ2) is 32.3. The lowest BCUT2D eigenvalue weighted by molar-refractivity contribution is -0.302. The van der Waals surface area contributed by atoms with Crippen LogP contribution < -0.4 is 5.32 Å². The van der Waals surface area contributed by atoms with Crippen LogP contribution >= 0.6 is 0 Å². The summed E-state index contributed by atoms with van der Waals surface area (Å²) in [5.74, 6) is -0.190. The Kier molecular flexibility index (Phi) is 30.2. The number of carbonyl (C=O) groups excluding carboxylic acids is 1. The number of unbranched alkanes of at least 4 members (excludes halogenated alkanes) is 21. The molecular formula is C41H77NO8. The predicted octanol–water partition coefficient (Wildman–Crippen LogP) is 7.55. The van der Waals surface area contributed by atoms with Gasteiger partial charge < -0.3 is 40.3 Å². The molecule has 0 radical (unpaired) electrons. The fourth-order valence-corrected chi connectivity index (χ4v) is 6.41. The monoisotopic (exact) mass is 712 g/mol. The zero-order chi connectivity index (χ0) is 36.7. The van der Waals surface area contributed by atoms with Crippen LogP contribution in [0.4, 0.5) is 0 Å². The minimum atomic E-state index is -1.57. The highest BCUT2D eigenvalue weighted by Gasteiger charge is 2.44. The Balaban J connectivity index is 2.44. The number of nitrogens with one attached hydrogen (secondary N) is 1. The lowest BCUT2D eigenvalue weighted by Crippen LogP contribution is -2.60. The van der Waals surface area contributed by atoms with Gasteiger partial charge in [-0.2, -0.15) is 0 Å². The van der Waals surface area contributed by atoms with Gasteiger partial charge in [0, 0.05) is 6.42 Å². The molecule has 1 aliphatic heterocycles. The summed E-state index contributed by atoms with van der Waals surface area (Å²) in [5.41, 5.74) is 0. The minimum absolute atomic E-state index is 0.190. The maximum Gasteiger partial charge on any atom is 0.220 e. The van der Waals surface area contributed by atoms with Crippen LogP contribution in [0.25, 0.3) is 0 Å². The number of hydrogen-bond acceptors (Lipinski definition) is 8. The molecule has 1 heterocycles. The predicted molar refractivity (Wildman–Crippen MR) is 203 cm³/mol. The van der Waals surface area contributed by atoms with Crippen LogP contribution in [-0.4, -0.2) is 87.5 Å². The second-order valence-corrected chi connectivity index (χ2v) is 14.4. The molecule has 6 N–H and O–H groups in total. The van der Waals surface area contributed by atoms with Crippen LogP contribution in [-0.2, 0) is 14.3 Å². The van der Waals surface area contributed by atoms with Gasteiger partial charge in [0.1, 0.15) is 24.4 Å². The first kappa shape index (κ1) is 46.7. The Morgan fingerprint density at radius 3 is 1.68 bits per heavy atom. The van der Waals surface area contributed by atoms with Gasteiger partial charge in [-0.05, 0) is 32.1 Å². The highest BCUT2D eigenvalue weighted by Crippen LogP contribution is 2.22. The van der Waals surface area contributed by atoms with E-state index < -0.39 is 49.5 Å². The van der Waals surface area contributed by atoms with E-state index >= 15 is 0 Å².